The number of hydrogen-bond acceptors (Lipinski definition) is 6. The van der Waals surface area contributed by atoms with Crippen molar-refractivity contribution < 1.29 is 19.1 Å². The quantitative estimate of drug-likeness (QED) is 0.472. The summed E-state index contributed by atoms with van der Waals surface area (Å²) in [4.78, 5) is 24.5. The number of hydrogen-bond donors (Lipinski definition) is 1. The lowest BCUT2D eigenvalue weighted by atomic mass is 10.1. The summed E-state index contributed by atoms with van der Waals surface area (Å²) < 4.78 is 10.1. The lowest BCUT2D eigenvalue weighted by Crippen LogP contribution is -2.30. The van der Waals surface area contributed by atoms with Crippen LogP contribution in [0.1, 0.15) is 18.1 Å². The first-order valence-electron chi connectivity index (χ1n) is 8.25. The van der Waals surface area contributed by atoms with Gasteiger partial charge in [-0.1, -0.05) is 24.3 Å². The van der Waals surface area contributed by atoms with Gasteiger partial charge in [0.05, 0.1) is 18.4 Å². The van der Waals surface area contributed by atoms with E-state index < -0.39 is 18.0 Å². The molecule has 28 heavy (non-hydrogen) atoms. The van der Waals surface area contributed by atoms with Crippen LogP contribution >= 0.6 is 0 Å². The average Bonchev–Trinajstić information content (AvgIpc) is 2.72. The predicted molar refractivity (Wildman–Crippen MR) is 102 cm³/mol. The monoisotopic (exact) mass is 375 g/mol. The van der Waals surface area contributed by atoms with Crippen molar-refractivity contribution in [1.82, 2.24) is 0 Å². The summed E-state index contributed by atoms with van der Waals surface area (Å²) in [5.41, 5.74) is 0.954. The van der Waals surface area contributed by atoms with E-state index >= 15 is 0 Å². The fourth-order valence-electron chi connectivity index (χ4n) is 2.21. The Morgan fingerprint density at radius 3 is 2.39 bits per heavy atom. The summed E-state index contributed by atoms with van der Waals surface area (Å²) in [6.45, 7) is 1.38. The fraction of sp³-hybridized carbons (Fsp3) is 0.143. The van der Waals surface area contributed by atoms with Crippen molar-refractivity contribution in [2.45, 2.75) is 13.0 Å². The van der Waals surface area contributed by atoms with Crippen molar-refractivity contribution in [2.75, 3.05) is 12.4 Å². The average molecular weight is 375 g/mol. The van der Waals surface area contributed by atoms with Crippen LogP contribution in [-0.4, -0.2) is 25.1 Å². The number of carbonyl (C=O) groups excluding carboxylic acids is 2. The van der Waals surface area contributed by atoms with Crippen LogP contribution in [0, 0.1) is 22.7 Å². The molecule has 1 amide bonds. The molecule has 0 heterocycles. The van der Waals surface area contributed by atoms with Gasteiger partial charge in [-0.3, -0.25) is 4.79 Å². The van der Waals surface area contributed by atoms with Crippen LogP contribution in [0.15, 0.2) is 54.1 Å². The van der Waals surface area contributed by atoms with Crippen LogP contribution in [0.5, 0.6) is 5.75 Å². The number of ether oxygens (including phenoxy) is 2. The van der Waals surface area contributed by atoms with Gasteiger partial charge in [-0.25, -0.2) is 4.79 Å². The minimum absolute atomic E-state index is 0.248. The highest BCUT2D eigenvalue weighted by Gasteiger charge is 2.21. The Morgan fingerprint density at radius 1 is 1.11 bits per heavy atom. The van der Waals surface area contributed by atoms with Gasteiger partial charge in [0.25, 0.3) is 5.91 Å². The Labute approximate surface area is 162 Å². The fourth-order valence-corrected chi connectivity index (χ4v) is 2.21. The van der Waals surface area contributed by atoms with Gasteiger partial charge in [-0.15, -0.1) is 0 Å². The van der Waals surface area contributed by atoms with E-state index in [1.54, 1.807) is 54.6 Å². The highest BCUT2D eigenvalue weighted by molar-refractivity contribution is 6.01. The molecular weight excluding hydrogens is 358 g/mol. The number of nitriles is 2. The van der Waals surface area contributed by atoms with Gasteiger partial charge in [0.2, 0.25) is 0 Å². The van der Waals surface area contributed by atoms with E-state index in [1.165, 1.54) is 20.1 Å². The molecule has 0 spiro atoms. The number of anilines is 1. The summed E-state index contributed by atoms with van der Waals surface area (Å²) in [5, 5.41) is 20.8. The zero-order valence-electron chi connectivity index (χ0n) is 15.3. The Bertz CT molecular complexity index is 982. The summed E-state index contributed by atoms with van der Waals surface area (Å²) in [7, 11) is 1.53. The van der Waals surface area contributed by atoms with Crippen LogP contribution in [0.4, 0.5) is 5.69 Å². The zero-order valence-corrected chi connectivity index (χ0v) is 15.3. The molecule has 0 fully saturated rings. The van der Waals surface area contributed by atoms with Crippen LogP contribution in [0.2, 0.25) is 0 Å². The second-order valence-corrected chi connectivity index (χ2v) is 5.64. The molecule has 7 nitrogen and oxygen atoms in total. The molecule has 140 valence electrons. The van der Waals surface area contributed by atoms with Gasteiger partial charge in [-0.2, -0.15) is 10.5 Å². The van der Waals surface area contributed by atoms with E-state index in [1.807, 2.05) is 6.07 Å². The van der Waals surface area contributed by atoms with Crippen LogP contribution in [-0.2, 0) is 14.3 Å². The number of rotatable bonds is 6. The smallest absolute Gasteiger partial charge is 0.349 e. The van der Waals surface area contributed by atoms with Crippen LogP contribution in [0.3, 0.4) is 0 Å². The van der Waals surface area contributed by atoms with Crippen molar-refractivity contribution in [3.8, 4) is 17.9 Å². The largest absolute Gasteiger partial charge is 0.497 e. The van der Waals surface area contributed by atoms with E-state index in [2.05, 4.69) is 5.32 Å². The topological polar surface area (TPSA) is 112 Å². The SMILES string of the molecule is COc1ccc(/C=C(\C#N)C(=O)O[C@H](C)C(=O)Nc2ccccc2C#N)cc1. The molecule has 0 saturated heterocycles. The first-order chi connectivity index (χ1) is 13.5. The van der Waals surface area contributed by atoms with E-state index in [0.29, 0.717) is 17.0 Å². The summed E-state index contributed by atoms with van der Waals surface area (Å²) in [5.74, 6) is -0.895. The molecule has 0 radical (unpaired) electrons. The highest BCUT2D eigenvalue weighted by atomic mass is 16.5. The van der Waals surface area contributed by atoms with Crippen molar-refractivity contribution in [2.24, 2.45) is 0 Å². The van der Waals surface area contributed by atoms with E-state index in [4.69, 9.17) is 14.7 Å². The molecule has 1 N–H and O–H groups in total. The first kappa shape index (κ1) is 20.2. The van der Waals surface area contributed by atoms with E-state index in [9.17, 15) is 14.9 Å². The molecule has 2 aromatic rings. The Hall–Kier alpha value is -4.10. The third-order valence-electron chi connectivity index (χ3n) is 3.73. The molecule has 0 aliphatic rings. The molecule has 0 saturated carbocycles. The lowest BCUT2D eigenvalue weighted by molar-refractivity contribution is -0.148. The van der Waals surface area contributed by atoms with E-state index in [0.717, 1.165) is 0 Å². The predicted octanol–water partition coefficient (Wildman–Crippen LogP) is 3.04. The second kappa shape index (κ2) is 9.56. The number of para-hydroxylation sites is 1. The van der Waals surface area contributed by atoms with Gasteiger partial charge >= 0.3 is 5.97 Å². The molecule has 1 atom stereocenters. The minimum atomic E-state index is -1.16. The van der Waals surface area contributed by atoms with Crippen molar-refractivity contribution in [1.29, 1.82) is 10.5 Å². The lowest BCUT2D eigenvalue weighted by Gasteiger charge is -2.13. The maximum atomic E-state index is 12.2. The van der Waals surface area contributed by atoms with Gasteiger partial charge < -0.3 is 14.8 Å². The molecule has 0 aromatic heterocycles. The molecular formula is C21H17N3O4. The molecule has 0 unspecified atom stereocenters. The minimum Gasteiger partial charge on any atom is -0.497 e. The van der Waals surface area contributed by atoms with Crippen molar-refractivity contribution in [3.63, 3.8) is 0 Å². The molecule has 2 rings (SSSR count). The van der Waals surface area contributed by atoms with Gasteiger partial charge in [-0.05, 0) is 42.8 Å². The molecule has 2 aromatic carbocycles. The molecule has 7 heteroatoms. The number of nitrogens with one attached hydrogen (secondary N) is 1. The standard InChI is InChI=1S/C21H17N3O4/c1-14(20(25)24-19-6-4-3-5-16(19)12-22)28-21(26)17(13-23)11-15-7-9-18(27-2)10-8-15/h3-11,14H,1-2H3,(H,24,25)/b17-11+/t14-/m1/s1. The van der Waals surface area contributed by atoms with Crippen molar-refractivity contribution >= 4 is 23.6 Å². The third-order valence-corrected chi connectivity index (χ3v) is 3.73. The van der Waals surface area contributed by atoms with Crippen LogP contribution < -0.4 is 10.1 Å². The Kier molecular flexibility index (Phi) is 6.90. The molecule has 0 bridgehead atoms. The number of benzene rings is 2. The van der Waals surface area contributed by atoms with Gasteiger partial charge in [0, 0.05) is 0 Å². The number of methoxy groups -OCH3 is 1. The summed E-state index contributed by atoms with van der Waals surface area (Å²) in [6, 6.07) is 16.9. The maximum Gasteiger partial charge on any atom is 0.349 e. The third kappa shape index (κ3) is 5.20. The zero-order chi connectivity index (χ0) is 20.5. The number of carbonyl (C=O) groups is 2. The van der Waals surface area contributed by atoms with Gasteiger partial charge in [0.1, 0.15) is 23.5 Å². The Morgan fingerprint density at radius 2 is 1.79 bits per heavy atom. The number of amides is 1. The van der Waals surface area contributed by atoms with Crippen molar-refractivity contribution in [3.05, 3.63) is 65.2 Å². The second-order valence-electron chi connectivity index (χ2n) is 5.64. The molecule has 0 aliphatic carbocycles. The normalized spacial score (nSPS) is 11.5. The Balaban J connectivity index is 2.06. The first-order valence-corrected chi connectivity index (χ1v) is 8.25. The number of esters is 1. The highest BCUT2D eigenvalue weighted by Crippen LogP contribution is 2.16. The number of nitrogens with zero attached hydrogens (tertiary/aromatic N) is 2. The summed E-state index contributed by atoms with van der Waals surface area (Å²) >= 11 is 0. The molecule has 0 aliphatic heterocycles. The van der Waals surface area contributed by atoms with Crippen LogP contribution in [0.25, 0.3) is 6.08 Å². The van der Waals surface area contributed by atoms with E-state index in [-0.39, 0.29) is 11.1 Å². The van der Waals surface area contributed by atoms with Gasteiger partial charge in [0.15, 0.2) is 6.10 Å². The maximum absolute atomic E-state index is 12.2. The summed E-state index contributed by atoms with van der Waals surface area (Å²) in [6.07, 6.45) is 0.198.